The van der Waals surface area contributed by atoms with Crippen LogP contribution < -0.4 is 0 Å². The lowest BCUT2D eigenvalue weighted by Gasteiger charge is -2.22. The van der Waals surface area contributed by atoms with Crippen LogP contribution in [-0.2, 0) is 0 Å². The molecule has 0 saturated carbocycles. The van der Waals surface area contributed by atoms with Crippen molar-refractivity contribution in [3.8, 4) is 0 Å². The highest BCUT2D eigenvalue weighted by Crippen LogP contribution is 2.40. The maximum atomic E-state index is 12.8. The average Bonchev–Trinajstić information content (AvgIpc) is 2.02. The van der Waals surface area contributed by atoms with Crippen LogP contribution in [0.1, 0.15) is 6.42 Å². The Morgan fingerprint density at radius 3 is 2.46 bits per heavy atom. The van der Waals surface area contributed by atoms with E-state index in [1.165, 1.54) is 12.2 Å². The molecule has 0 aliphatic heterocycles. The Morgan fingerprint density at radius 2 is 2.00 bits per heavy atom. The van der Waals surface area contributed by atoms with E-state index in [4.69, 9.17) is 23.2 Å². The molecule has 1 aliphatic rings. The fourth-order valence-electron chi connectivity index (χ4n) is 0.977. The summed E-state index contributed by atoms with van der Waals surface area (Å²) in [6, 6.07) is 0. The molecule has 0 heterocycles. The molecule has 72 valence electrons. The van der Waals surface area contributed by atoms with Gasteiger partial charge < -0.3 is 0 Å². The molecule has 0 amide bonds. The topological polar surface area (TPSA) is 0 Å². The van der Waals surface area contributed by atoms with Crippen molar-refractivity contribution in [2.45, 2.75) is 11.3 Å². The molecule has 0 N–H and O–H groups in total. The van der Waals surface area contributed by atoms with Gasteiger partial charge in [0.05, 0.1) is 0 Å². The normalized spacial score (nSPS) is 27.0. The quantitative estimate of drug-likeness (QED) is 0.593. The van der Waals surface area contributed by atoms with Gasteiger partial charge in [-0.05, 0) is 6.08 Å². The van der Waals surface area contributed by atoms with E-state index < -0.39 is 16.8 Å². The summed E-state index contributed by atoms with van der Waals surface area (Å²) in [5, 5.41) is 0.244. The van der Waals surface area contributed by atoms with Crippen LogP contribution in [0.5, 0.6) is 0 Å². The second-order valence-electron chi connectivity index (χ2n) is 2.59. The highest BCUT2D eigenvalue weighted by molar-refractivity contribution is 6.33. The summed E-state index contributed by atoms with van der Waals surface area (Å²) in [6.07, 6.45) is 1.41. The summed E-state index contributed by atoms with van der Waals surface area (Å²) >= 11 is 11.1. The molecule has 0 spiro atoms. The number of hydrogen-bond acceptors (Lipinski definition) is 0. The second kappa shape index (κ2) is 3.76. The van der Waals surface area contributed by atoms with E-state index in [1.807, 2.05) is 0 Å². The highest BCUT2D eigenvalue weighted by atomic mass is 35.5. The number of allylic oxidation sites excluding steroid dienone is 5. The van der Waals surface area contributed by atoms with Gasteiger partial charge in [-0.15, -0.1) is 11.6 Å². The van der Waals surface area contributed by atoms with E-state index in [0.29, 0.717) is 0 Å². The molecule has 0 fully saturated rings. The van der Waals surface area contributed by atoms with Crippen molar-refractivity contribution in [1.29, 1.82) is 0 Å². The van der Waals surface area contributed by atoms with Crippen LogP contribution in [-0.4, -0.2) is 4.87 Å². The fraction of sp³-hybridized carbons (Fsp3) is 0.250. The SMILES string of the molecule is FC(F)=C(F)C1(Cl)C=CC=C(Cl)C1. The van der Waals surface area contributed by atoms with Gasteiger partial charge in [0.15, 0.2) is 5.83 Å². The van der Waals surface area contributed by atoms with E-state index in [1.54, 1.807) is 0 Å². The third kappa shape index (κ3) is 2.29. The van der Waals surface area contributed by atoms with E-state index in [-0.39, 0.29) is 11.5 Å². The van der Waals surface area contributed by atoms with Crippen molar-refractivity contribution >= 4 is 23.2 Å². The lowest BCUT2D eigenvalue weighted by Crippen LogP contribution is -2.21. The van der Waals surface area contributed by atoms with Crippen molar-refractivity contribution in [2.24, 2.45) is 0 Å². The molecule has 0 aromatic heterocycles. The van der Waals surface area contributed by atoms with E-state index in [2.05, 4.69) is 0 Å². The molecule has 0 radical (unpaired) electrons. The first-order valence-corrected chi connectivity index (χ1v) is 4.15. The van der Waals surface area contributed by atoms with E-state index in [9.17, 15) is 13.2 Å². The standard InChI is InChI=1S/C8H5Cl2F3/c9-5-2-1-3-8(10,4-5)6(11)7(12)13/h1-3H,4H2. The smallest absolute Gasteiger partial charge is 0.204 e. The van der Waals surface area contributed by atoms with Crippen LogP contribution in [0.25, 0.3) is 0 Å². The first-order valence-electron chi connectivity index (χ1n) is 3.40. The van der Waals surface area contributed by atoms with Crippen LogP contribution >= 0.6 is 23.2 Å². The summed E-state index contributed by atoms with van der Waals surface area (Å²) < 4.78 is 36.6. The Kier molecular flexibility index (Phi) is 3.09. The number of hydrogen-bond donors (Lipinski definition) is 0. The maximum absolute atomic E-state index is 12.8. The minimum atomic E-state index is -2.41. The molecule has 0 saturated heterocycles. The Bertz CT molecular complexity index is 303. The van der Waals surface area contributed by atoms with E-state index in [0.717, 1.165) is 6.08 Å². The van der Waals surface area contributed by atoms with Gasteiger partial charge in [-0.25, -0.2) is 4.39 Å². The first kappa shape index (κ1) is 10.7. The molecule has 1 rings (SSSR count). The van der Waals surface area contributed by atoms with Crippen molar-refractivity contribution in [1.82, 2.24) is 0 Å². The third-order valence-corrected chi connectivity index (χ3v) is 2.28. The highest BCUT2D eigenvalue weighted by Gasteiger charge is 2.35. The Balaban J connectivity index is 2.99. The zero-order valence-electron chi connectivity index (χ0n) is 6.33. The lowest BCUT2D eigenvalue weighted by atomic mass is 9.98. The molecule has 0 aromatic rings. The fourth-order valence-corrected chi connectivity index (χ4v) is 1.62. The Hall–Kier alpha value is -0.410. The molecule has 13 heavy (non-hydrogen) atoms. The molecule has 0 bridgehead atoms. The van der Waals surface area contributed by atoms with Gasteiger partial charge in [-0.1, -0.05) is 23.8 Å². The largest absolute Gasteiger partial charge is 0.303 e. The number of alkyl halides is 1. The predicted molar refractivity (Wildman–Crippen MR) is 46.6 cm³/mol. The Labute approximate surface area is 83.3 Å². The summed E-state index contributed by atoms with van der Waals surface area (Å²) in [5.74, 6) is -1.64. The lowest BCUT2D eigenvalue weighted by molar-refractivity contribution is 0.360. The molecule has 1 aliphatic carbocycles. The van der Waals surface area contributed by atoms with Crippen LogP contribution in [0, 0.1) is 0 Å². The molecule has 0 nitrogen and oxygen atoms in total. The molecule has 1 atom stereocenters. The maximum Gasteiger partial charge on any atom is 0.303 e. The molecule has 0 aromatic carbocycles. The molecule has 5 heteroatoms. The van der Waals surface area contributed by atoms with Crippen molar-refractivity contribution in [3.63, 3.8) is 0 Å². The molecule has 1 unspecified atom stereocenters. The number of halogens is 5. The average molecular weight is 229 g/mol. The minimum Gasteiger partial charge on any atom is -0.204 e. The summed E-state index contributed by atoms with van der Waals surface area (Å²) in [4.78, 5) is -1.81. The number of rotatable bonds is 1. The van der Waals surface area contributed by atoms with E-state index >= 15 is 0 Å². The molecular formula is C8H5Cl2F3. The van der Waals surface area contributed by atoms with Crippen LogP contribution in [0.15, 0.2) is 35.2 Å². The summed E-state index contributed by atoms with van der Waals surface area (Å²) in [7, 11) is 0. The zero-order valence-corrected chi connectivity index (χ0v) is 7.84. The minimum absolute atomic E-state index is 0.157. The summed E-state index contributed by atoms with van der Waals surface area (Å²) in [5.41, 5.74) is 0. The molecular weight excluding hydrogens is 224 g/mol. The first-order chi connectivity index (χ1) is 5.96. The Morgan fingerprint density at radius 1 is 1.38 bits per heavy atom. The van der Waals surface area contributed by atoms with Gasteiger partial charge in [0, 0.05) is 11.5 Å². The van der Waals surface area contributed by atoms with Crippen molar-refractivity contribution in [3.05, 3.63) is 35.2 Å². The van der Waals surface area contributed by atoms with Crippen molar-refractivity contribution < 1.29 is 13.2 Å². The third-order valence-electron chi connectivity index (χ3n) is 1.59. The van der Waals surface area contributed by atoms with Gasteiger partial charge >= 0.3 is 6.08 Å². The van der Waals surface area contributed by atoms with Crippen LogP contribution in [0.3, 0.4) is 0 Å². The van der Waals surface area contributed by atoms with Gasteiger partial charge in [0.25, 0.3) is 0 Å². The van der Waals surface area contributed by atoms with Crippen molar-refractivity contribution in [2.75, 3.05) is 0 Å². The van der Waals surface area contributed by atoms with Gasteiger partial charge in [-0.2, -0.15) is 8.78 Å². The second-order valence-corrected chi connectivity index (χ2v) is 3.75. The monoisotopic (exact) mass is 228 g/mol. The summed E-state index contributed by atoms with van der Waals surface area (Å²) in [6.45, 7) is 0. The predicted octanol–water partition coefficient (Wildman–Crippen LogP) is 4.12. The van der Waals surface area contributed by atoms with Gasteiger partial charge in [-0.3, -0.25) is 0 Å². The van der Waals surface area contributed by atoms with Gasteiger partial charge in [0.2, 0.25) is 0 Å². The van der Waals surface area contributed by atoms with Gasteiger partial charge in [0.1, 0.15) is 4.87 Å². The zero-order chi connectivity index (χ0) is 10.1. The van der Waals surface area contributed by atoms with Crippen LogP contribution in [0.2, 0.25) is 0 Å². The van der Waals surface area contributed by atoms with Crippen LogP contribution in [0.4, 0.5) is 13.2 Å².